The summed E-state index contributed by atoms with van der Waals surface area (Å²) >= 11 is 0. The van der Waals surface area contributed by atoms with Crippen molar-refractivity contribution < 1.29 is 23.9 Å². The van der Waals surface area contributed by atoms with E-state index in [9.17, 15) is 19.2 Å². The number of aromatic nitrogens is 1. The number of Topliss-reactive ketones (excluding diaryl/α,β-unsaturated/α-hetero) is 1. The largest absolute Gasteiger partial charge is 0.453 e. The van der Waals surface area contributed by atoms with E-state index < -0.39 is 36.1 Å². The quantitative estimate of drug-likeness (QED) is 0.474. The Morgan fingerprint density at radius 3 is 2.52 bits per heavy atom. The average molecular weight is 371 g/mol. The zero-order chi connectivity index (χ0) is 19.9. The van der Waals surface area contributed by atoms with Crippen LogP contribution in [0.5, 0.6) is 0 Å². The van der Waals surface area contributed by atoms with Crippen LogP contribution < -0.4 is 5.32 Å². The van der Waals surface area contributed by atoms with Crippen molar-refractivity contribution in [3.8, 4) is 0 Å². The van der Waals surface area contributed by atoms with E-state index in [1.807, 2.05) is 24.3 Å². The molecule has 1 unspecified atom stereocenters. The Bertz CT molecular complexity index is 959. The van der Waals surface area contributed by atoms with E-state index in [4.69, 9.17) is 4.74 Å². The first-order chi connectivity index (χ1) is 12.6. The zero-order valence-electron chi connectivity index (χ0n) is 15.6. The van der Waals surface area contributed by atoms with E-state index in [0.29, 0.717) is 11.3 Å². The van der Waals surface area contributed by atoms with Crippen LogP contribution in [0.25, 0.3) is 10.9 Å². The number of esters is 1. The lowest BCUT2D eigenvalue weighted by Gasteiger charge is -2.17. The average Bonchev–Trinajstić information content (AvgIpc) is 3.01. The van der Waals surface area contributed by atoms with Gasteiger partial charge in [0.05, 0.1) is 0 Å². The molecule has 0 aliphatic carbocycles. The minimum atomic E-state index is -1.07. The van der Waals surface area contributed by atoms with Crippen molar-refractivity contribution in [1.29, 1.82) is 0 Å². The predicted octanol–water partition coefficient (Wildman–Crippen LogP) is 1.92. The number of carbonyl (C=O) groups is 4. The van der Waals surface area contributed by atoms with Gasteiger partial charge in [-0.25, -0.2) is 4.79 Å². The van der Waals surface area contributed by atoms with Gasteiger partial charge in [0, 0.05) is 22.2 Å². The fraction of sp³-hybridized carbons (Fsp3) is 0.368. The number of nitrogens with zero attached hydrogens (tertiary/aromatic N) is 1. The van der Waals surface area contributed by atoms with Crippen molar-refractivity contribution in [3.63, 3.8) is 0 Å². The molecule has 1 atom stereocenters. The molecule has 2 aromatic rings. The second-order valence-electron chi connectivity index (χ2n) is 7.11. The lowest BCUT2D eigenvalue weighted by atomic mass is 10.0. The number of nitrogens with one attached hydrogen (secondary N) is 2. The van der Waals surface area contributed by atoms with Crippen LogP contribution in [-0.2, 0) is 14.3 Å². The Hall–Kier alpha value is -3.16. The highest BCUT2D eigenvalue weighted by atomic mass is 16.5. The molecule has 1 saturated heterocycles. The number of H-pyrrole nitrogens is 1. The molecular formula is C19H21N3O5. The van der Waals surface area contributed by atoms with Crippen molar-refractivity contribution in [2.24, 2.45) is 0 Å². The maximum Gasteiger partial charge on any atom is 0.326 e. The molecule has 2 N–H and O–H groups in total. The van der Waals surface area contributed by atoms with E-state index in [1.165, 1.54) is 6.92 Å². The van der Waals surface area contributed by atoms with Gasteiger partial charge >= 0.3 is 12.0 Å². The molecule has 0 spiro atoms. The molecule has 0 saturated carbocycles. The number of para-hydroxylation sites is 1. The first kappa shape index (κ1) is 18.6. The summed E-state index contributed by atoms with van der Waals surface area (Å²) < 4.78 is 5.19. The first-order valence-electron chi connectivity index (χ1n) is 8.57. The van der Waals surface area contributed by atoms with Crippen LogP contribution in [0.4, 0.5) is 4.79 Å². The number of urea groups is 1. The summed E-state index contributed by atoms with van der Waals surface area (Å²) in [6.45, 7) is 5.79. The highest BCUT2D eigenvalue weighted by Crippen LogP contribution is 2.24. The van der Waals surface area contributed by atoms with E-state index in [-0.39, 0.29) is 5.78 Å². The van der Waals surface area contributed by atoms with Gasteiger partial charge in [-0.3, -0.25) is 19.3 Å². The number of amides is 3. The normalized spacial score (nSPS) is 17.1. The molecular weight excluding hydrogens is 350 g/mol. The molecule has 2 heterocycles. The van der Waals surface area contributed by atoms with Crippen LogP contribution in [-0.4, -0.2) is 51.8 Å². The molecule has 0 bridgehead atoms. The number of rotatable bonds is 5. The van der Waals surface area contributed by atoms with Gasteiger partial charge in [0.1, 0.15) is 12.1 Å². The smallest absolute Gasteiger partial charge is 0.326 e. The van der Waals surface area contributed by atoms with Gasteiger partial charge in [0.25, 0.3) is 5.91 Å². The number of hydrogen-bond acceptors (Lipinski definition) is 5. The van der Waals surface area contributed by atoms with E-state index in [1.54, 1.807) is 20.8 Å². The number of aryl methyl sites for hydroxylation is 1. The third kappa shape index (κ3) is 3.30. The first-order valence-corrected chi connectivity index (χ1v) is 8.57. The maximum absolute atomic E-state index is 12.8. The standard InChI is InChI=1S/C19H21N3O5/c1-10-15(12-7-5-6-8-13(12)20-10)16(24)11(2)27-14(23)9-22-17(25)19(3,4)21-18(22)26/h5-8,11,20H,9H2,1-4H3,(H,21,26). The number of carbonyl (C=O) groups excluding carboxylic acids is 4. The van der Waals surface area contributed by atoms with Crippen molar-refractivity contribution >= 4 is 34.6 Å². The second-order valence-corrected chi connectivity index (χ2v) is 7.11. The third-order valence-electron chi connectivity index (χ3n) is 4.55. The van der Waals surface area contributed by atoms with Crippen molar-refractivity contribution in [2.45, 2.75) is 39.3 Å². The lowest BCUT2D eigenvalue weighted by Crippen LogP contribution is -2.41. The molecule has 0 radical (unpaired) electrons. The fourth-order valence-corrected chi connectivity index (χ4v) is 3.18. The lowest BCUT2D eigenvalue weighted by molar-refractivity contribution is -0.149. The molecule has 142 valence electrons. The van der Waals surface area contributed by atoms with Gasteiger partial charge in [-0.1, -0.05) is 18.2 Å². The molecule has 27 heavy (non-hydrogen) atoms. The predicted molar refractivity (Wildman–Crippen MR) is 97.2 cm³/mol. The van der Waals surface area contributed by atoms with Crippen LogP contribution in [0.3, 0.4) is 0 Å². The maximum atomic E-state index is 12.8. The summed E-state index contributed by atoms with van der Waals surface area (Å²) in [6.07, 6.45) is -1.05. The van der Waals surface area contributed by atoms with Crippen LogP contribution in [0, 0.1) is 6.92 Å². The van der Waals surface area contributed by atoms with Crippen LogP contribution in [0.2, 0.25) is 0 Å². The Labute approximate surface area is 155 Å². The highest BCUT2D eigenvalue weighted by Gasteiger charge is 2.45. The van der Waals surface area contributed by atoms with Gasteiger partial charge in [-0.05, 0) is 33.8 Å². The summed E-state index contributed by atoms with van der Waals surface area (Å²) in [5.74, 6) is -1.69. The summed E-state index contributed by atoms with van der Waals surface area (Å²) in [6, 6.07) is 6.69. The van der Waals surface area contributed by atoms with Crippen molar-refractivity contribution in [1.82, 2.24) is 15.2 Å². The monoisotopic (exact) mass is 371 g/mol. The van der Waals surface area contributed by atoms with Gasteiger partial charge in [0.15, 0.2) is 6.10 Å². The minimum Gasteiger partial charge on any atom is -0.453 e. The molecule has 1 aliphatic heterocycles. The Kier molecular flexibility index (Phi) is 4.51. The number of imide groups is 1. The van der Waals surface area contributed by atoms with Crippen molar-refractivity contribution in [3.05, 3.63) is 35.5 Å². The van der Waals surface area contributed by atoms with Crippen LogP contribution in [0.15, 0.2) is 24.3 Å². The fourth-order valence-electron chi connectivity index (χ4n) is 3.18. The van der Waals surface area contributed by atoms with Crippen molar-refractivity contribution in [2.75, 3.05) is 6.54 Å². The number of aromatic amines is 1. The SMILES string of the molecule is Cc1[nH]c2ccccc2c1C(=O)C(C)OC(=O)CN1C(=O)NC(C)(C)C1=O. The van der Waals surface area contributed by atoms with E-state index in [0.717, 1.165) is 15.8 Å². The summed E-state index contributed by atoms with van der Waals surface area (Å²) in [7, 11) is 0. The molecule has 1 aromatic heterocycles. The van der Waals surface area contributed by atoms with Gasteiger partial charge in [-0.2, -0.15) is 0 Å². The Morgan fingerprint density at radius 2 is 1.89 bits per heavy atom. The second kappa shape index (κ2) is 6.53. The van der Waals surface area contributed by atoms with Crippen LogP contribution in [0.1, 0.15) is 36.8 Å². The number of fused-ring (bicyclic) bond motifs is 1. The number of ether oxygens (including phenoxy) is 1. The molecule has 1 aromatic carbocycles. The number of ketones is 1. The summed E-state index contributed by atoms with van der Waals surface area (Å²) in [5.41, 5.74) is 0.889. The van der Waals surface area contributed by atoms with Gasteiger partial charge in [0.2, 0.25) is 5.78 Å². The molecule has 1 aliphatic rings. The zero-order valence-corrected chi connectivity index (χ0v) is 15.6. The minimum absolute atomic E-state index is 0.351. The Morgan fingerprint density at radius 1 is 1.22 bits per heavy atom. The molecule has 8 nitrogen and oxygen atoms in total. The molecule has 8 heteroatoms. The summed E-state index contributed by atoms with van der Waals surface area (Å²) in [4.78, 5) is 52.9. The van der Waals surface area contributed by atoms with E-state index in [2.05, 4.69) is 10.3 Å². The van der Waals surface area contributed by atoms with Gasteiger partial charge in [-0.15, -0.1) is 0 Å². The van der Waals surface area contributed by atoms with Gasteiger partial charge < -0.3 is 15.0 Å². The third-order valence-corrected chi connectivity index (χ3v) is 4.55. The van der Waals surface area contributed by atoms with Crippen LogP contribution >= 0.6 is 0 Å². The van der Waals surface area contributed by atoms with E-state index >= 15 is 0 Å². The number of benzene rings is 1. The Balaban J connectivity index is 1.71. The number of hydrogen-bond donors (Lipinski definition) is 2. The molecule has 3 rings (SSSR count). The highest BCUT2D eigenvalue weighted by molar-refractivity contribution is 6.12. The summed E-state index contributed by atoms with van der Waals surface area (Å²) in [5, 5.41) is 3.23. The molecule has 1 fully saturated rings. The topological polar surface area (TPSA) is 109 Å². The molecule has 3 amide bonds.